The molecular weight excluding hydrogens is 400 g/mol. The summed E-state index contributed by atoms with van der Waals surface area (Å²) in [6.45, 7) is 0. The molecule has 8 heteroatoms. The van der Waals surface area contributed by atoms with Crippen LogP contribution in [0.15, 0.2) is 76.8 Å². The Bertz CT molecular complexity index is 1370. The van der Waals surface area contributed by atoms with Crippen LogP contribution in [0.5, 0.6) is 0 Å². The molecule has 0 saturated heterocycles. The first kappa shape index (κ1) is 19.5. The number of aromatic amines is 1. The Balaban J connectivity index is 1.45. The summed E-state index contributed by atoms with van der Waals surface area (Å²) in [5.74, 6) is -0.0418. The maximum absolute atomic E-state index is 12.7. The van der Waals surface area contributed by atoms with Gasteiger partial charge in [-0.3, -0.25) is 9.89 Å². The van der Waals surface area contributed by atoms with Crippen LogP contribution in [0.1, 0.15) is 27.9 Å². The van der Waals surface area contributed by atoms with Gasteiger partial charge in [-0.15, -0.1) is 0 Å². The van der Waals surface area contributed by atoms with Gasteiger partial charge in [0.15, 0.2) is 11.4 Å². The van der Waals surface area contributed by atoms with E-state index in [1.165, 1.54) is 42.6 Å². The Labute approximate surface area is 172 Å². The average Bonchev–Trinajstić information content (AvgIpc) is 3.25. The lowest BCUT2D eigenvalue weighted by Gasteiger charge is -2.07. The minimum atomic E-state index is -3.66. The second-order valence-electron chi connectivity index (χ2n) is 6.74. The van der Waals surface area contributed by atoms with Crippen LogP contribution in [-0.2, 0) is 16.3 Å². The number of aryl methyl sites for hydroxylation is 1. The lowest BCUT2D eigenvalue weighted by atomic mass is 10.0. The molecular formula is C22H16N4O3S. The number of hydrogen-bond donors (Lipinski definition) is 1. The Hall–Kier alpha value is -3.83. The second kappa shape index (κ2) is 7.89. The number of H-pyrrole nitrogens is 1. The van der Waals surface area contributed by atoms with Crippen molar-refractivity contribution in [3.05, 3.63) is 83.7 Å². The average molecular weight is 416 g/mol. The number of nitrogens with one attached hydrogen (secondary N) is 1. The third kappa shape index (κ3) is 3.83. The molecule has 148 valence electrons. The number of fused-ring (bicyclic) bond motifs is 1. The summed E-state index contributed by atoms with van der Waals surface area (Å²) in [6, 6.07) is 16.0. The van der Waals surface area contributed by atoms with E-state index in [0.717, 1.165) is 10.9 Å². The molecule has 0 unspecified atom stereocenters. The minimum absolute atomic E-state index is 0.0418. The molecule has 1 N–H and O–H groups in total. The standard InChI is InChI=1S/C22H16N4O3S/c23-12-16-3-8-20(9-4-16)30(28,29)19-6-1-15(2-7-19)5-10-21(27)17-11-18-14-25-26-22(18)24-13-17/h1-4,6-9,11,13-14H,5,10H2,(H,24,25,26). The molecule has 7 nitrogen and oxygen atoms in total. The number of pyridine rings is 1. The first-order valence-electron chi connectivity index (χ1n) is 9.14. The van der Waals surface area contributed by atoms with Crippen LogP contribution in [0.25, 0.3) is 11.0 Å². The predicted molar refractivity (Wildman–Crippen MR) is 110 cm³/mol. The second-order valence-corrected chi connectivity index (χ2v) is 8.69. The number of rotatable bonds is 6. The van der Waals surface area contributed by atoms with Crippen molar-refractivity contribution in [2.45, 2.75) is 22.6 Å². The molecule has 0 aliphatic carbocycles. The van der Waals surface area contributed by atoms with Crippen molar-refractivity contribution in [3.63, 3.8) is 0 Å². The minimum Gasteiger partial charge on any atom is -0.294 e. The summed E-state index contributed by atoms with van der Waals surface area (Å²) in [6.07, 6.45) is 3.91. The largest absolute Gasteiger partial charge is 0.294 e. The fourth-order valence-corrected chi connectivity index (χ4v) is 4.33. The molecule has 30 heavy (non-hydrogen) atoms. The quantitative estimate of drug-likeness (QED) is 0.481. The molecule has 2 aromatic heterocycles. The van der Waals surface area contributed by atoms with Crippen LogP contribution in [0.4, 0.5) is 0 Å². The van der Waals surface area contributed by atoms with E-state index in [1.807, 2.05) is 6.07 Å². The topological polar surface area (TPSA) is 117 Å². The molecule has 4 rings (SSSR count). The zero-order chi connectivity index (χ0) is 21.1. The highest BCUT2D eigenvalue weighted by Gasteiger charge is 2.17. The van der Waals surface area contributed by atoms with Gasteiger partial charge in [0, 0.05) is 23.6 Å². The van der Waals surface area contributed by atoms with Crippen LogP contribution in [0.2, 0.25) is 0 Å². The van der Waals surface area contributed by atoms with Crippen LogP contribution in [0.3, 0.4) is 0 Å². The van der Waals surface area contributed by atoms with Gasteiger partial charge in [-0.1, -0.05) is 12.1 Å². The Kier molecular flexibility index (Phi) is 5.12. The van der Waals surface area contributed by atoms with Gasteiger partial charge in [-0.25, -0.2) is 13.4 Å². The molecule has 0 fully saturated rings. The van der Waals surface area contributed by atoms with Crippen LogP contribution >= 0.6 is 0 Å². The number of carbonyl (C=O) groups is 1. The highest BCUT2D eigenvalue weighted by Crippen LogP contribution is 2.22. The van der Waals surface area contributed by atoms with Gasteiger partial charge in [0.1, 0.15) is 0 Å². The molecule has 0 bridgehead atoms. The molecule has 0 atom stereocenters. The smallest absolute Gasteiger partial charge is 0.206 e. The van der Waals surface area contributed by atoms with Crippen molar-refractivity contribution >= 4 is 26.7 Å². The van der Waals surface area contributed by atoms with Gasteiger partial charge in [-0.05, 0) is 54.4 Å². The van der Waals surface area contributed by atoms with Crippen LogP contribution in [0, 0.1) is 11.3 Å². The molecule has 0 spiro atoms. The molecule has 0 aliphatic heterocycles. The number of Topliss-reactive ketones (excluding diaryl/α,β-unsaturated/α-hetero) is 1. The summed E-state index contributed by atoms with van der Waals surface area (Å²) < 4.78 is 25.5. The van der Waals surface area contributed by atoms with E-state index in [4.69, 9.17) is 5.26 Å². The summed E-state index contributed by atoms with van der Waals surface area (Å²) in [7, 11) is -3.66. The summed E-state index contributed by atoms with van der Waals surface area (Å²) in [5.41, 5.74) is 2.41. The summed E-state index contributed by atoms with van der Waals surface area (Å²) in [4.78, 5) is 16.9. The number of carbonyl (C=O) groups excluding carboxylic acids is 1. The highest BCUT2D eigenvalue weighted by molar-refractivity contribution is 7.91. The summed E-state index contributed by atoms with van der Waals surface area (Å²) >= 11 is 0. The van der Waals surface area contributed by atoms with E-state index in [-0.39, 0.29) is 22.0 Å². The number of aromatic nitrogens is 3. The van der Waals surface area contributed by atoms with Crippen molar-refractivity contribution in [3.8, 4) is 6.07 Å². The maximum Gasteiger partial charge on any atom is 0.206 e. The number of ketones is 1. The van der Waals surface area contributed by atoms with Gasteiger partial charge in [0.2, 0.25) is 9.84 Å². The van der Waals surface area contributed by atoms with Crippen molar-refractivity contribution < 1.29 is 13.2 Å². The normalized spacial score (nSPS) is 11.3. The van der Waals surface area contributed by atoms with E-state index in [1.54, 1.807) is 24.4 Å². The first-order chi connectivity index (χ1) is 14.5. The Morgan fingerprint density at radius 2 is 1.67 bits per heavy atom. The number of hydrogen-bond acceptors (Lipinski definition) is 6. The molecule has 0 radical (unpaired) electrons. The zero-order valence-electron chi connectivity index (χ0n) is 15.7. The molecule has 0 saturated carbocycles. The van der Waals surface area contributed by atoms with Crippen LogP contribution < -0.4 is 0 Å². The lowest BCUT2D eigenvalue weighted by Crippen LogP contribution is -2.04. The fraction of sp³-hybridized carbons (Fsp3) is 0.0909. The van der Waals surface area contributed by atoms with E-state index in [0.29, 0.717) is 23.2 Å². The van der Waals surface area contributed by atoms with Crippen LogP contribution in [-0.4, -0.2) is 29.4 Å². The van der Waals surface area contributed by atoms with Crippen molar-refractivity contribution in [1.29, 1.82) is 5.26 Å². The fourth-order valence-electron chi connectivity index (χ4n) is 3.07. The Morgan fingerprint density at radius 3 is 2.33 bits per heavy atom. The Morgan fingerprint density at radius 1 is 1.00 bits per heavy atom. The molecule has 2 aromatic carbocycles. The van der Waals surface area contributed by atoms with Crippen molar-refractivity contribution in [2.75, 3.05) is 0 Å². The first-order valence-corrected chi connectivity index (χ1v) is 10.6. The zero-order valence-corrected chi connectivity index (χ0v) is 16.6. The molecule has 2 heterocycles. The number of nitriles is 1. The lowest BCUT2D eigenvalue weighted by molar-refractivity contribution is 0.0982. The van der Waals surface area contributed by atoms with Gasteiger partial charge in [0.05, 0.1) is 27.6 Å². The van der Waals surface area contributed by atoms with E-state index < -0.39 is 9.84 Å². The van der Waals surface area contributed by atoms with Gasteiger partial charge < -0.3 is 0 Å². The third-order valence-electron chi connectivity index (χ3n) is 4.78. The third-order valence-corrected chi connectivity index (χ3v) is 6.57. The highest BCUT2D eigenvalue weighted by atomic mass is 32.2. The van der Waals surface area contributed by atoms with Gasteiger partial charge >= 0.3 is 0 Å². The maximum atomic E-state index is 12.7. The SMILES string of the molecule is N#Cc1ccc(S(=O)(=O)c2ccc(CCC(=O)c3cnc4[nH]ncc4c3)cc2)cc1. The monoisotopic (exact) mass is 416 g/mol. The molecule has 4 aromatic rings. The van der Waals surface area contributed by atoms with Gasteiger partial charge in [-0.2, -0.15) is 10.4 Å². The van der Waals surface area contributed by atoms with E-state index >= 15 is 0 Å². The van der Waals surface area contributed by atoms with Crippen molar-refractivity contribution in [2.24, 2.45) is 0 Å². The van der Waals surface area contributed by atoms with Gasteiger partial charge in [0.25, 0.3) is 0 Å². The number of benzene rings is 2. The summed E-state index contributed by atoms with van der Waals surface area (Å²) in [5, 5.41) is 16.3. The van der Waals surface area contributed by atoms with E-state index in [2.05, 4.69) is 15.2 Å². The van der Waals surface area contributed by atoms with E-state index in [9.17, 15) is 13.2 Å². The number of sulfone groups is 1. The molecule has 0 amide bonds. The molecule has 0 aliphatic rings. The number of nitrogens with zero attached hydrogens (tertiary/aromatic N) is 3. The van der Waals surface area contributed by atoms with Crippen molar-refractivity contribution in [1.82, 2.24) is 15.2 Å². The predicted octanol–water partition coefficient (Wildman–Crippen LogP) is 3.48.